The Balaban J connectivity index is 1.44. The fourth-order valence-corrected chi connectivity index (χ4v) is 5.46. The molecule has 2 heterocycles. The molecular formula is C29H39N3O5. The first kappa shape index (κ1) is 26.8. The summed E-state index contributed by atoms with van der Waals surface area (Å²) < 4.78 is 16.1. The Morgan fingerprint density at radius 1 is 1.05 bits per heavy atom. The number of likely N-dealkylation sites (tertiary alicyclic amines) is 1. The first-order valence-electron chi connectivity index (χ1n) is 13.2. The van der Waals surface area contributed by atoms with E-state index in [1.165, 1.54) is 30.9 Å². The molecule has 4 rings (SSSR count). The van der Waals surface area contributed by atoms with E-state index in [4.69, 9.17) is 14.2 Å². The van der Waals surface area contributed by atoms with Crippen molar-refractivity contribution in [1.82, 2.24) is 10.2 Å². The molecule has 200 valence electrons. The summed E-state index contributed by atoms with van der Waals surface area (Å²) in [6.45, 7) is 10.3. The number of carbonyl (C=O) groups excluding carboxylic acids is 2. The van der Waals surface area contributed by atoms with Crippen LogP contribution in [0.2, 0.25) is 0 Å². The number of aryl methyl sites for hydroxylation is 2. The minimum Gasteiger partial charge on any atom is -0.496 e. The summed E-state index contributed by atoms with van der Waals surface area (Å²) in [7, 11) is 2.84. The van der Waals surface area contributed by atoms with Crippen molar-refractivity contribution in [1.29, 1.82) is 0 Å². The van der Waals surface area contributed by atoms with Crippen molar-refractivity contribution in [2.24, 2.45) is 0 Å². The standard InChI is InChI=1S/C29H39N3O5/c1-6-8-21-15-20(3)25(37-7-2)16-22(21)18-31-13-11-29(12-14-31)19-32(28(34)30-29)23-9-10-24(27(33)36-5)26(17-23)35-4/h9-10,15-17H,6-8,11-14,18-19H2,1-5H3,(H,30,34). The zero-order valence-corrected chi connectivity index (χ0v) is 22.7. The van der Waals surface area contributed by atoms with E-state index in [-0.39, 0.29) is 11.6 Å². The Morgan fingerprint density at radius 2 is 1.81 bits per heavy atom. The summed E-state index contributed by atoms with van der Waals surface area (Å²) in [4.78, 5) is 29.2. The van der Waals surface area contributed by atoms with E-state index in [9.17, 15) is 9.59 Å². The van der Waals surface area contributed by atoms with E-state index in [0.717, 1.165) is 51.1 Å². The van der Waals surface area contributed by atoms with Gasteiger partial charge in [-0.15, -0.1) is 0 Å². The van der Waals surface area contributed by atoms with Gasteiger partial charge in [0.15, 0.2) is 0 Å². The SMILES string of the molecule is CCCc1cc(C)c(OCC)cc1CN1CCC2(CC1)CN(c1ccc(C(=O)OC)c(OC)c1)C(=O)N2. The van der Waals surface area contributed by atoms with Crippen LogP contribution in [0.3, 0.4) is 0 Å². The number of nitrogens with one attached hydrogen (secondary N) is 1. The van der Waals surface area contributed by atoms with Gasteiger partial charge in [0.25, 0.3) is 0 Å². The lowest BCUT2D eigenvalue weighted by atomic mass is 9.87. The molecule has 0 saturated carbocycles. The lowest BCUT2D eigenvalue weighted by Gasteiger charge is -2.39. The summed E-state index contributed by atoms with van der Waals surface area (Å²) >= 11 is 0. The first-order chi connectivity index (χ1) is 17.8. The number of hydrogen-bond donors (Lipinski definition) is 1. The summed E-state index contributed by atoms with van der Waals surface area (Å²) in [5.74, 6) is 0.890. The second-order valence-corrected chi connectivity index (χ2v) is 10.0. The zero-order valence-electron chi connectivity index (χ0n) is 22.7. The number of esters is 1. The highest BCUT2D eigenvalue weighted by molar-refractivity contribution is 5.97. The molecule has 0 aliphatic carbocycles. The van der Waals surface area contributed by atoms with Gasteiger partial charge in [-0.1, -0.05) is 19.4 Å². The molecule has 8 nitrogen and oxygen atoms in total. The van der Waals surface area contributed by atoms with Crippen LogP contribution in [-0.2, 0) is 17.7 Å². The first-order valence-corrected chi connectivity index (χ1v) is 13.2. The molecule has 1 N–H and O–H groups in total. The topological polar surface area (TPSA) is 80.3 Å². The van der Waals surface area contributed by atoms with Crippen LogP contribution in [0.25, 0.3) is 0 Å². The van der Waals surface area contributed by atoms with Crippen molar-refractivity contribution in [3.8, 4) is 11.5 Å². The van der Waals surface area contributed by atoms with E-state index in [0.29, 0.717) is 30.2 Å². The molecular weight excluding hydrogens is 470 g/mol. The van der Waals surface area contributed by atoms with Crippen molar-refractivity contribution in [2.75, 3.05) is 45.4 Å². The number of rotatable bonds is 9. The van der Waals surface area contributed by atoms with Crippen LogP contribution in [0.4, 0.5) is 10.5 Å². The summed E-state index contributed by atoms with van der Waals surface area (Å²) in [6.07, 6.45) is 3.92. The van der Waals surface area contributed by atoms with Crippen LogP contribution in [0.5, 0.6) is 11.5 Å². The molecule has 2 aliphatic rings. The predicted molar refractivity (Wildman–Crippen MR) is 144 cm³/mol. The minimum absolute atomic E-state index is 0.119. The molecule has 2 fully saturated rings. The van der Waals surface area contributed by atoms with Crippen LogP contribution >= 0.6 is 0 Å². The third-order valence-electron chi connectivity index (χ3n) is 7.50. The number of benzene rings is 2. The van der Waals surface area contributed by atoms with Crippen molar-refractivity contribution >= 4 is 17.7 Å². The van der Waals surface area contributed by atoms with Gasteiger partial charge >= 0.3 is 12.0 Å². The van der Waals surface area contributed by atoms with Gasteiger partial charge in [0.2, 0.25) is 0 Å². The van der Waals surface area contributed by atoms with Gasteiger partial charge < -0.3 is 19.5 Å². The second kappa shape index (κ2) is 11.4. The number of piperidine rings is 1. The average Bonchev–Trinajstić information content (AvgIpc) is 3.22. The fraction of sp³-hybridized carbons (Fsp3) is 0.517. The van der Waals surface area contributed by atoms with E-state index in [1.807, 2.05) is 6.92 Å². The molecule has 2 saturated heterocycles. The Labute approximate surface area is 219 Å². The van der Waals surface area contributed by atoms with Gasteiger partial charge in [0, 0.05) is 31.4 Å². The molecule has 8 heteroatoms. The quantitative estimate of drug-likeness (QED) is 0.494. The number of urea groups is 1. The molecule has 2 aliphatic heterocycles. The summed E-state index contributed by atoms with van der Waals surface area (Å²) in [5.41, 5.74) is 4.69. The lowest BCUT2D eigenvalue weighted by molar-refractivity contribution is 0.0597. The molecule has 0 unspecified atom stereocenters. The number of anilines is 1. The Kier molecular flexibility index (Phi) is 8.27. The predicted octanol–water partition coefficient (Wildman–Crippen LogP) is 4.71. The molecule has 2 aromatic rings. The van der Waals surface area contributed by atoms with Crippen LogP contribution < -0.4 is 19.7 Å². The number of methoxy groups -OCH3 is 2. The number of nitrogens with zero attached hydrogens (tertiary/aromatic N) is 2. The fourth-order valence-electron chi connectivity index (χ4n) is 5.46. The third-order valence-corrected chi connectivity index (χ3v) is 7.50. The smallest absolute Gasteiger partial charge is 0.341 e. The number of amides is 2. The molecule has 0 bridgehead atoms. The molecule has 0 aromatic heterocycles. The maximum atomic E-state index is 13.0. The average molecular weight is 510 g/mol. The van der Waals surface area contributed by atoms with Gasteiger partial charge in [-0.05, 0) is 68.0 Å². The highest BCUT2D eigenvalue weighted by atomic mass is 16.5. The molecule has 0 atom stereocenters. The maximum Gasteiger partial charge on any atom is 0.341 e. The number of carbonyl (C=O) groups is 2. The zero-order chi connectivity index (χ0) is 26.6. The number of hydrogen-bond acceptors (Lipinski definition) is 6. The Hall–Kier alpha value is -3.26. The van der Waals surface area contributed by atoms with Crippen molar-refractivity contribution in [3.63, 3.8) is 0 Å². The van der Waals surface area contributed by atoms with Gasteiger partial charge in [-0.2, -0.15) is 0 Å². The van der Waals surface area contributed by atoms with Crippen molar-refractivity contribution in [2.45, 2.75) is 58.5 Å². The Bertz CT molecular complexity index is 1140. The molecule has 2 aromatic carbocycles. The van der Waals surface area contributed by atoms with Crippen LogP contribution in [0.1, 0.15) is 60.2 Å². The molecule has 0 radical (unpaired) electrons. The summed E-state index contributed by atoms with van der Waals surface area (Å²) in [6, 6.07) is 9.52. The van der Waals surface area contributed by atoms with Crippen LogP contribution in [0, 0.1) is 6.92 Å². The maximum absolute atomic E-state index is 13.0. The summed E-state index contributed by atoms with van der Waals surface area (Å²) in [5, 5.41) is 3.26. The molecule has 2 amide bonds. The highest BCUT2D eigenvalue weighted by Crippen LogP contribution is 2.35. The normalized spacial score (nSPS) is 17.1. The van der Waals surface area contributed by atoms with E-state index in [2.05, 4.69) is 36.2 Å². The largest absolute Gasteiger partial charge is 0.496 e. The van der Waals surface area contributed by atoms with Gasteiger partial charge in [-0.25, -0.2) is 9.59 Å². The van der Waals surface area contributed by atoms with E-state index < -0.39 is 5.97 Å². The monoisotopic (exact) mass is 509 g/mol. The highest BCUT2D eigenvalue weighted by Gasteiger charge is 2.45. The van der Waals surface area contributed by atoms with E-state index >= 15 is 0 Å². The number of ether oxygens (including phenoxy) is 3. The van der Waals surface area contributed by atoms with Crippen molar-refractivity contribution < 1.29 is 23.8 Å². The lowest BCUT2D eigenvalue weighted by Crippen LogP contribution is -2.52. The minimum atomic E-state index is -0.470. The molecule has 1 spiro atoms. The molecule has 37 heavy (non-hydrogen) atoms. The van der Waals surface area contributed by atoms with Crippen molar-refractivity contribution in [3.05, 3.63) is 52.6 Å². The van der Waals surface area contributed by atoms with Crippen LogP contribution in [-0.4, -0.2) is 62.9 Å². The van der Waals surface area contributed by atoms with Gasteiger partial charge in [0.1, 0.15) is 17.1 Å². The van der Waals surface area contributed by atoms with Crippen LogP contribution in [0.15, 0.2) is 30.3 Å². The third kappa shape index (κ3) is 5.69. The van der Waals surface area contributed by atoms with E-state index in [1.54, 1.807) is 23.1 Å². The Morgan fingerprint density at radius 3 is 2.46 bits per heavy atom. The van der Waals surface area contributed by atoms with Gasteiger partial charge in [0.05, 0.1) is 32.9 Å². The van der Waals surface area contributed by atoms with Gasteiger partial charge in [-0.3, -0.25) is 9.80 Å². The second-order valence-electron chi connectivity index (χ2n) is 10.0.